The van der Waals surface area contributed by atoms with Gasteiger partial charge in [0.2, 0.25) is 0 Å². The number of likely N-dealkylation sites (N-methyl/N-ethyl adjacent to an activating group) is 1. The molecule has 0 bridgehead atoms. The number of hydrogen-bond donors (Lipinski definition) is 1. The van der Waals surface area contributed by atoms with Gasteiger partial charge in [-0.15, -0.1) is 0 Å². The Balaban J connectivity index is 1.34. The van der Waals surface area contributed by atoms with Crippen LogP contribution in [0, 0.1) is 0 Å². The fraction of sp³-hybridized carbons (Fsp3) is 0.400. The molecule has 2 heterocycles. The van der Waals surface area contributed by atoms with E-state index in [1.54, 1.807) is 4.90 Å². The van der Waals surface area contributed by atoms with E-state index in [-0.39, 0.29) is 5.91 Å². The maximum atomic E-state index is 12.8. The van der Waals surface area contributed by atoms with Crippen molar-refractivity contribution in [3.05, 3.63) is 65.9 Å². The number of amides is 1. The first-order valence-corrected chi connectivity index (χ1v) is 10.9. The van der Waals surface area contributed by atoms with E-state index in [0.717, 1.165) is 36.1 Å². The summed E-state index contributed by atoms with van der Waals surface area (Å²) >= 11 is 0. The molecule has 1 fully saturated rings. The van der Waals surface area contributed by atoms with Gasteiger partial charge in [-0.1, -0.05) is 30.3 Å². The molecular weight excluding hydrogens is 374 g/mol. The van der Waals surface area contributed by atoms with Gasteiger partial charge in [-0.3, -0.25) is 4.79 Å². The lowest BCUT2D eigenvalue weighted by Crippen LogP contribution is -2.29. The molecule has 1 saturated heterocycles. The number of hydrogen-bond acceptors (Lipinski definition) is 3. The zero-order chi connectivity index (χ0) is 20.9. The van der Waals surface area contributed by atoms with Crippen molar-refractivity contribution in [1.82, 2.24) is 14.8 Å². The summed E-state index contributed by atoms with van der Waals surface area (Å²) in [6, 6.07) is 18.8. The van der Waals surface area contributed by atoms with Crippen LogP contribution in [0.15, 0.2) is 54.6 Å². The number of aromatic nitrogens is 1. The summed E-state index contributed by atoms with van der Waals surface area (Å²) in [4.78, 5) is 20.3. The van der Waals surface area contributed by atoms with Crippen molar-refractivity contribution < 1.29 is 9.53 Å². The number of carbonyl (C=O) groups is 1. The van der Waals surface area contributed by atoms with Gasteiger partial charge in [0.05, 0.1) is 6.61 Å². The first-order valence-electron chi connectivity index (χ1n) is 10.9. The fourth-order valence-electron chi connectivity index (χ4n) is 4.22. The van der Waals surface area contributed by atoms with Crippen LogP contribution in [0.4, 0.5) is 0 Å². The average Bonchev–Trinajstić information content (AvgIpc) is 3.38. The van der Waals surface area contributed by atoms with E-state index in [4.69, 9.17) is 4.74 Å². The second-order valence-electron chi connectivity index (χ2n) is 8.31. The van der Waals surface area contributed by atoms with Gasteiger partial charge in [0, 0.05) is 30.5 Å². The fourth-order valence-corrected chi connectivity index (χ4v) is 4.22. The smallest absolute Gasteiger partial charge is 0.270 e. The average molecular weight is 406 g/mol. The number of nitrogens with one attached hydrogen (secondary N) is 1. The van der Waals surface area contributed by atoms with Crippen molar-refractivity contribution in [3.63, 3.8) is 0 Å². The molecule has 3 aromatic rings. The Labute approximate surface area is 178 Å². The number of fused-ring (bicyclic) bond motifs is 1. The molecule has 0 radical (unpaired) electrons. The molecule has 1 unspecified atom stereocenters. The van der Waals surface area contributed by atoms with Crippen molar-refractivity contribution in [1.29, 1.82) is 0 Å². The van der Waals surface area contributed by atoms with Crippen LogP contribution in [0.5, 0.6) is 5.75 Å². The van der Waals surface area contributed by atoms with Gasteiger partial charge in [-0.25, -0.2) is 0 Å². The molecule has 5 nitrogen and oxygen atoms in total. The maximum Gasteiger partial charge on any atom is 0.270 e. The third-order valence-corrected chi connectivity index (χ3v) is 6.14. The van der Waals surface area contributed by atoms with E-state index in [2.05, 4.69) is 29.1 Å². The summed E-state index contributed by atoms with van der Waals surface area (Å²) in [5.41, 5.74) is 2.81. The highest BCUT2D eigenvalue weighted by Gasteiger charge is 2.20. The highest BCUT2D eigenvalue weighted by atomic mass is 16.5. The molecule has 1 aromatic heterocycles. The van der Waals surface area contributed by atoms with Gasteiger partial charge < -0.3 is 19.5 Å². The predicted molar refractivity (Wildman–Crippen MR) is 121 cm³/mol. The van der Waals surface area contributed by atoms with Crippen LogP contribution in [0.3, 0.4) is 0 Å². The van der Waals surface area contributed by atoms with Crippen LogP contribution in [-0.2, 0) is 6.42 Å². The predicted octanol–water partition coefficient (Wildman–Crippen LogP) is 4.35. The standard InChI is InChI=1S/C25H31N3O2/c1-27-14-6-9-21(27)13-16-30-22-10-11-23-20(17-22)18-24(26-23)25(29)28(2)15-12-19-7-4-3-5-8-19/h3-5,7-8,10-11,17-18,21,26H,6,9,12-16H2,1-2H3. The molecule has 30 heavy (non-hydrogen) atoms. The molecule has 0 spiro atoms. The van der Waals surface area contributed by atoms with Gasteiger partial charge in [0.15, 0.2) is 0 Å². The number of carbonyl (C=O) groups excluding carboxylic acids is 1. The quantitative estimate of drug-likeness (QED) is 0.606. The SMILES string of the molecule is CN(CCc1ccccc1)C(=O)c1cc2cc(OCCC3CCCN3C)ccc2[nH]1. The summed E-state index contributed by atoms with van der Waals surface area (Å²) in [6.45, 7) is 2.59. The third-order valence-electron chi connectivity index (χ3n) is 6.14. The number of benzene rings is 2. The molecule has 4 rings (SSSR count). The molecule has 1 aliphatic heterocycles. The van der Waals surface area contributed by atoms with Crippen LogP contribution in [0.1, 0.15) is 35.3 Å². The van der Waals surface area contributed by atoms with Gasteiger partial charge in [-0.05, 0) is 69.1 Å². The van der Waals surface area contributed by atoms with Gasteiger partial charge >= 0.3 is 0 Å². The summed E-state index contributed by atoms with van der Waals surface area (Å²) in [5, 5.41) is 1.00. The lowest BCUT2D eigenvalue weighted by molar-refractivity contribution is 0.0792. The number of likely N-dealkylation sites (tertiary alicyclic amines) is 1. The van der Waals surface area contributed by atoms with E-state index in [0.29, 0.717) is 18.3 Å². The van der Waals surface area contributed by atoms with Gasteiger partial charge in [0.1, 0.15) is 11.4 Å². The molecule has 158 valence electrons. The molecule has 5 heteroatoms. The van der Waals surface area contributed by atoms with Gasteiger partial charge in [0.25, 0.3) is 5.91 Å². The van der Waals surface area contributed by atoms with Crippen LogP contribution < -0.4 is 4.74 Å². The van der Waals surface area contributed by atoms with Crippen LogP contribution in [0.2, 0.25) is 0 Å². The van der Waals surface area contributed by atoms with E-state index < -0.39 is 0 Å². The molecule has 1 amide bonds. The van der Waals surface area contributed by atoms with Crippen molar-refractivity contribution in [2.45, 2.75) is 31.7 Å². The van der Waals surface area contributed by atoms with E-state index in [9.17, 15) is 4.79 Å². The van der Waals surface area contributed by atoms with Crippen LogP contribution >= 0.6 is 0 Å². The zero-order valence-corrected chi connectivity index (χ0v) is 17.9. The molecule has 0 aliphatic carbocycles. The number of H-pyrrole nitrogens is 1. The van der Waals surface area contributed by atoms with E-state index >= 15 is 0 Å². The topological polar surface area (TPSA) is 48.6 Å². The molecule has 1 aliphatic rings. The second-order valence-corrected chi connectivity index (χ2v) is 8.31. The third kappa shape index (κ3) is 4.85. The highest BCUT2D eigenvalue weighted by Crippen LogP contribution is 2.23. The van der Waals surface area contributed by atoms with Crippen LogP contribution in [0.25, 0.3) is 10.9 Å². The Kier molecular flexibility index (Phi) is 6.38. The monoisotopic (exact) mass is 405 g/mol. The van der Waals surface area contributed by atoms with Gasteiger partial charge in [-0.2, -0.15) is 0 Å². The maximum absolute atomic E-state index is 12.8. The van der Waals surface area contributed by atoms with Crippen molar-refractivity contribution >= 4 is 16.8 Å². The Morgan fingerprint density at radius 3 is 2.80 bits per heavy atom. The zero-order valence-electron chi connectivity index (χ0n) is 17.9. The summed E-state index contributed by atoms with van der Waals surface area (Å²) in [6.07, 6.45) is 4.45. The number of nitrogens with zero attached hydrogens (tertiary/aromatic N) is 2. The summed E-state index contributed by atoms with van der Waals surface area (Å²) in [7, 11) is 4.05. The largest absolute Gasteiger partial charge is 0.494 e. The molecular formula is C25H31N3O2. The Morgan fingerprint density at radius 2 is 2.03 bits per heavy atom. The molecule has 2 aromatic carbocycles. The summed E-state index contributed by atoms with van der Waals surface area (Å²) < 4.78 is 5.99. The van der Waals surface area contributed by atoms with Crippen LogP contribution in [-0.4, -0.2) is 60.5 Å². The van der Waals surface area contributed by atoms with Crippen molar-refractivity contribution in [3.8, 4) is 5.75 Å². The highest BCUT2D eigenvalue weighted by molar-refractivity contribution is 5.98. The summed E-state index contributed by atoms with van der Waals surface area (Å²) in [5.74, 6) is 0.868. The minimum absolute atomic E-state index is 0.00821. The lowest BCUT2D eigenvalue weighted by atomic mass is 10.1. The second kappa shape index (κ2) is 9.35. The van der Waals surface area contributed by atoms with Crippen molar-refractivity contribution in [2.75, 3.05) is 33.8 Å². The van der Waals surface area contributed by atoms with E-state index in [1.165, 1.54) is 24.9 Å². The first-order chi connectivity index (χ1) is 14.6. The minimum atomic E-state index is 0.00821. The van der Waals surface area contributed by atoms with E-state index in [1.807, 2.05) is 49.5 Å². The number of ether oxygens (including phenoxy) is 1. The Bertz CT molecular complexity index is 982. The molecule has 1 atom stereocenters. The molecule has 0 saturated carbocycles. The number of aromatic amines is 1. The lowest BCUT2D eigenvalue weighted by Gasteiger charge is -2.19. The van der Waals surface area contributed by atoms with Crippen molar-refractivity contribution in [2.24, 2.45) is 0 Å². The first kappa shape index (κ1) is 20.5. The Hall–Kier alpha value is -2.79. The molecule has 1 N–H and O–H groups in total. The normalized spacial score (nSPS) is 16.8. The Morgan fingerprint density at radius 1 is 1.20 bits per heavy atom. The minimum Gasteiger partial charge on any atom is -0.494 e. The number of rotatable bonds is 8.